The Morgan fingerprint density at radius 3 is 2.63 bits per heavy atom. The lowest BCUT2D eigenvalue weighted by atomic mass is 9.92. The molecule has 106 valence electrons. The number of likely N-dealkylation sites (tertiary alicyclic amines) is 1. The molecule has 0 saturated carbocycles. The molecule has 19 heavy (non-hydrogen) atoms. The highest BCUT2D eigenvalue weighted by atomic mass is 16.4. The number of carboxylic acids is 1. The van der Waals surface area contributed by atoms with Crippen molar-refractivity contribution in [2.45, 2.75) is 46.1 Å². The largest absolute Gasteiger partial charge is 0.481 e. The van der Waals surface area contributed by atoms with Crippen LogP contribution < -0.4 is 0 Å². The summed E-state index contributed by atoms with van der Waals surface area (Å²) in [6, 6.07) is 0. The van der Waals surface area contributed by atoms with Crippen LogP contribution in [0.3, 0.4) is 0 Å². The molecule has 1 aromatic heterocycles. The van der Waals surface area contributed by atoms with Gasteiger partial charge < -0.3 is 9.52 Å². The fraction of sp³-hybridized carbons (Fsp3) is 0.714. The summed E-state index contributed by atoms with van der Waals surface area (Å²) in [4.78, 5) is 17.3. The molecule has 0 amide bonds. The van der Waals surface area contributed by atoms with Crippen LogP contribution in [0.25, 0.3) is 0 Å². The molecule has 1 fully saturated rings. The van der Waals surface area contributed by atoms with Crippen molar-refractivity contribution in [3.05, 3.63) is 17.3 Å². The molecule has 1 saturated heterocycles. The monoisotopic (exact) mass is 266 g/mol. The molecule has 1 aromatic rings. The van der Waals surface area contributed by atoms with Crippen LogP contribution in [-0.2, 0) is 11.3 Å². The standard InChI is InChI=1S/C14H22N2O3/c1-10-11(2)19-13(15-10)9-16-7-5-12(6-8-16)3-4-14(17)18/h12H,3-9H2,1-2H3,(H,17,18). The van der Waals surface area contributed by atoms with Gasteiger partial charge in [0, 0.05) is 6.42 Å². The Labute approximate surface area is 113 Å². The highest BCUT2D eigenvalue weighted by Gasteiger charge is 2.21. The van der Waals surface area contributed by atoms with E-state index in [-0.39, 0.29) is 0 Å². The van der Waals surface area contributed by atoms with Crippen molar-refractivity contribution in [2.24, 2.45) is 5.92 Å². The highest BCUT2D eigenvalue weighted by Crippen LogP contribution is 2.23. The van der Waals surface area contributed by atoms with E-state index in [1.54, 1.807) is 0 Å². The second-order valence-corrected chi connectivity index (χ2v) is 5.40. The third-order valence-electron chi connectivity index (χ3n) is 3.91. The van der Waals surface area contributed by atoms with E-state index in [2.05, 4.69) is 9.88 Å². The lowest BCUT2D eigenvalue weighted by molar-refractivity contribution is -0.137. The predicted octanol–water partition coefficient (Wildman–Crippen LogP) is 2.37. The number of aromatic nitrogens is 1. The van der Waals surface area contributed by atoms with Gasteiger partial charge in [-0.3, -0.25) is 9.69 Å². The molecule has 5 nitrogen and oxygen atoms in total. The summed E-state index contributed by atoms with van der Waals surface area (Å²) in [5.74, 6) is 1.55. The van der Waals surface area contributed by atoms with E-state index < -0.39 is 5.97 Å². The van der Waals surface area contributed by atoms with Crippen LogP contribution in [-0.4, -0.2) is 34.0 Å². The lowest BCUT2D eigenvalue weighted by Gasteiger charge is -2.30. The van der Waals surface area contributed by atoms with Crippen molar-refractivity contribution < 1.29 is 14.3 Å². The molecular formula is C14H22N2O3. The lowest BCUT2D eigenvalue weighted by Crippen LogP contribution is -2.33. The number of oxazole rings is 1. The van der Waals surface area contributed by atoms with Crippen molar-refractivity contribution >= 4 is 5.97 Å². The summed E-state index contributed by atoms with van der Waals surface area (Å²) in [6.07, 6.45) is 3.25. The summed E-state index contributed by atoms with van der Waals surface area (Å²) in [7, 11) is 0. The van der Waals surface area contributed by atoms with Crippen molar-refractivity contribution in [1.82, 2.24) is 9.88 Å². The zero-order valence-electron chi connectivity index (χ0n) is 11.7. The third-order valence-corrected chi connectivity index (χ3v) is 3.91. The summed E-state index contributed by atoms with van der Waals surface area (Å²) in [5.41, 5.74) is 0.964. The first-order valence-electron chi connectivity index (χ1n) is 6.91. The first-order chi connectivity index (χ1) is 9.04. The second kappa shape index (κ2) is 6.19. The number of carboxylic acid groups (broad SMARTS) is 1. The SMILES string of the molecule is Cc1nc(CN2CCC(CCC(=O)O)CC2)oc1C. The van der Waals surface area contributed by atoms with Gasteiger partial charge in [-0.1, -0.05) is 0 Å². The van der Waals surface area contributed by atoms with Gasteiger partial charge in [0.25, 0.3) is 0 Å². The van der Waals surface area contributed by atoms with E-state index in [9.17, 15) is 4.79 Å². The summed E-state index contributed by atoms with van der Waals surface area (Å²) in [6.45, 7) is 6.67. The number of piperidine rings is 1. The Hall–Kier alpha value is -1.36. The molecule has 0 aromatic carbocycles. The molecule has 0 radical (unpaired) electrons. The van der Waals surface area contributed by atoms with Gasteiger partial charge in [0.2, 0.25) is 5.89 Å². The Morgan fingerprint density at radius 1 is 1.42 bits per heavy atom. The van der Waals surface area contributed by atoms with E-state index in [4.69, 9.17) is 9.52 Å². The number of hydrogen-bond donors (Lipinski definition) is 1. The van der Waals surface area contributed by atoms with Crippen LogP contribution in [0.4, 0.5) is 0 Å². The first-order valence-corrected chi connectivity index (χ1v) is 6.91. The van der Waals surface area contributed by atoms with Crippen LogP contribution >= 0.6 is 0 Å². The average Bonchev–Trinajstić information content (AvgIpc) is 2.67. The Balaban J connectivity index is 1.75. The number of rotatable bonds is 5. The molecule has 2 rings (SSSR count). The van der Waals surface area contributed by atoms with Gasteiger partial charge in [-0.15, -0.1) is 0 Å². The molecule has 1 N–H and O–H groups in total. The molecule has 5 heteroatoms. The molecule has 0 spiro atoms. The van der Waals surface area contributed by atoms with E-state index in [0.29, 0.717) is 12.3 Å². The van der Waals surface area contributed by atoms with Gasteiger partial charge in [0.05, 0.1) is 12.2 Å². The molecule has 1 aliphatic heterocycles. The van der Waals surface area contributed by atoms with Crippen LogP contribution in [0.5, 0.6) is 0 Å². The van der Waals surface area contributed by atoms with Gasteiger partial charge in [0.1, 0.15) is 5.76 Å². The Morgan fingerprint density at radius 2 is 2.11 bits per heavy atom. The minimum Gasteiger partial charge on any atom is -0.481 e. The summed E-state index contributed by atoms with van der Waals surface area (Å²) >= 11 is 0. The quantitative estimate of drug-likeness (QED) is 0.886. The van der Waals surface area contributed by atoms with Crippen LogP contribution in [0.1, 0.15) is 43.0 Å². The Bertz CT molecular complexity index is 414. The Kier molecular flexibility index (Phi) is 4.58. The molecule has 2 heterocycles. The fourth-order valence-corrected chi connectivity index (χ4v) is 2.56. The maximum atomic E-state index is 10.6. The molecule has 0 atom stereocenters. The number of nitrogens with zero attached hydrogens (tertiary/aromatic N) is 2. The normalized spacial score (nSPS) is 17.8. The zero-order chi connectivity index (χ0) is 13.8. The smallest absolute Gasteiger partial charge is 0.303 e. The number of carbonyl (C=O) groups is 1. The fourth-order valence-electron chi connectivity index (χ4n) is 2.56. The van der Waals surface area contributed by atoms with Crippen molar-refractivity contribution in [1.29, 1.82) is 0 Å². The number of aliphatic carboxylic acids is 1. The molecular weight excluding hydrogens is 244 g/mol. The zero-order valence-corrected chi connectivity index (χ0v) is 11.7. The first kappa shape index (κ1) is 14.1. The molecule has 1 aliphatic rings. The van der Waals surface area contributed by atoms with Gasteiger partial charge in [0.15, 0.2) is 0 Å². The maximum absolute atomic E-state index is 10.6. The summed E-state index contributed by atoms with van der Waals surface area (Å²) in [5, 5.41) is 8.69. The van der Waals surface area contributed by atoms with Crippen molar-refractivity contribution in [3.8, 4) is 0 Å². The van der Waals surface area contributed by atoms with Crippen LogP contribution in [0, 0.1) is 19.8 Å². The van der Waals surface area contributed by atoms with Crippen LogP contribution in [0.2, 0.25) is 0 Å². The van der Waals surface area contributed by atoms with Gasteiger partial charge in [-0.25, -0.2) is 4.98 Å². The van der Waals surface area contributed by atoms with E-state index >= 15 is 0 Å². The van der Waals surface area contributed by atoms with Gasteiger partial charge in [-0.05, 0) is 52.1 Å². The summed E-state index contributed by atoms with van der Waals surface area (Å²) < 4.78 is 5.59. The topological polar surface area (TPSA) is 66.6 Å². The van der Waals surface area contributed by atoms with Crippen LogP contribution in [0.15, 0.2) is 4.42 Å². The maximum Gasteiger partial charge on any atom is 0.303 e. The molecule has 0 bridgehead atoms. The number of hydrogen-bond acceptors (Lipinski definition) is 4. The molecule has 0 unspecified atom stereocenters. The van der Waals surface area contributed by atoms with E-state index in [1.807, 2.05) is 13.8 Å². The predicted molar refractivity (Wildman–Crippen MR) is 70.8 cm³/mol. The second-order valence-electron chi connectivity index (χ2n) is 5.40. The highest BCUT2D eigenvalue weighted by molar-refractivity contribution is 5.66. The third kappa shape index (κ3) is 4.06. The van der Waals surface area contributed by atoms with E-state index in [1.165, 1.54) is 0 Å². The minimum absolute atomic E-state index is 0.294. The number of aryl methyl sites for hydroxylation is 2. The average molecular weight is 266 g/mol. The van der Waals surface area contributed by atoms with Gasteiger partial charge in [-0.2, -0.15) is 0 Å². The molecule has 0 aliphatic carbocycles. The van der Waals surface area contributed by atoms with Crippen molar-refractivity contribution in [2.75, 3.05) is 13.1 Å². The van der Waals surface area contributed by atoms with Gasteiger partial charge >= 0.3 is 5.97 Å². The van der Waals surface area contributed by atoms with E-state index in [0.717, 1.165) is 56.2 Å². The minimum atomic E-state index is -0.687. The van der Waals surface area contributed by atoms with Crippen molar-refractivity contribution in [3.63, 3.8) is 0 Å².